The van der Waals surface area contributed by atoms with Crippen LogP contribution in [0.25, 0.3) is 0 Å². The molecule has 3 nitrogen and oxygen atoms in total. The van der Waals surface area contributed by atoms with Gasteiger partial charge in [0.2, 0.25) is 0 Å². The van der Waals surface area contributed by atoms with E-state index >= 15 is 0 Å². The molecule has 0 aromatic heterocycles. The molecule has 2 N–H and O–H groups in total. The van der Waals surface area contributed by atoms with Crippen LogP contribution in [-0.2, 0) is 4.74 Å². The van der Waals surface area contributed by atoms with E-state index in [1.165, 1.54) is 0 Å². The van der Waals surface area contributed by atoms with Gasteiger partial charge in [-0.1, -0.05) is 13.8 Å². The number of ether oxygens (including phenoxy) is 1. The maximum atomic E-state index is 5.72. The van der Waals surface area contributed by atoms with E-state index in [4.69, 9.17) is 10.5 Å². The molecule has 3 heteroatoms. The van der Waals surface area contributed by atoms with E-state index in [0.717, 1.165) is 32.8 Å². The second-order valence-electron chi connectivity index (χ2n) is 4.20. The summed E-state index contributed by atoms with van der Waals surface area (Å²) in [6, 6.07) is 0. The van der Waals surface area contributed by atoms with Gasteiger partial charge in [-0.25, -0.2) is 0 Å². The van der Waals surface area contributed by atoms with E-state index in [-0.39, 0.29) is 0 Å². The summed E-state index contributed by atoms with van der Waals surface area (Å²) in [7, 11) is 2.13. The summed E-state index contributed by atoms with van der Waals surface area (Å²) in [5.41, 5.74) is 5.72. The zero-order valence-corrected chi connectivity index (χ0v) is 10.1. The summed E-state index contributed by atoms with van der Waals surface area (Å²) in [4.78, 5) is 2.30. The molecule has 86 valence electrons. The van der Waals surface area contributed by atoms with Gasteiger partial charge < -0.3 is 15.4 Å². The summed E-state index contributed by atoms with van der Waals surface area (Å²) in [6.45, 7) is 11.0. The van der Waals surface area contributed by atoms with Crippen molar-refractivity contribution in [3.63, 3.8) is 0 Å². The fraction of sp³-hybridized carbons (Fsp3) is 1.00. The largest absolute Gasteiger partial charge is 0.380 e. The van der Waals surface area contributed by atoms with Crippen molar-refractivity contribution >= 4 is 0 Å². The van der Waals surface area contributed by atoms with Gasteiger partial charge in [0, 0.05) is 19.7 Å². The molecular formula is C11H26N2O. The van der Waals surface area contributed by atoms with Crippen LogP contribution in [0, 0.1) is 11.8 Å². The molecule has 0 aliphatic rings. The van der Waals surface area contributed by atoms with E-state index in [9.17, 15) is 0 Å². The second-order valence-corrected chi connectivity index (χ2v) is 4.20. The predicted octanol–water partition coefficient (Wildman–Crippen LogP) is 1.19. The standard InChI is InChI=1S/C11H26N2O/c1-5-14-7-6-13(4)9-11(8-12)10(2)3/h10-11H,5-9,12H2,1-4H3. The van der Waals surface area contributed by atoms with Gasteiger partial charge in [0.15, 0.2) is 0 Å². The van der Waals surface area contributed by atoms with Crippen LogP contribution in [-0.4, -0.2) is 44.8 Å². The van der Waals surface area contributed by atoms with Crippen molar-refractivity contribution in [3.8, 4) is 0 Å². The molecule has 0 radical (unpaired) electrons. The molecule has 0 bridgehead atoms. The Bertz CT molecular complexity index is 128. The molecule has 0 rings (SSSR count). The molecule has 0 aromatic rings. The first-order chi connectivity index (χ1) is 6.61. The van der Waals surface area contributed by atoms with Crippen LogP contribution in [0.15, 0.2) is 0 Å². The van der Waals surface area contributed by atoms with Crippen LogP contribution in [0.2, 0.25) is 0 Å². The van der Waals surface area contributed by atoms with Crippen LogP contribution in [0.1, 0.15) is 20.8 Å². The third kappa shape index (κ3) is 6.35. The fourth-order valence-electron chi connectivity index (χ4n) is 1.41. The highest BCUT2D eigenvalue weighted by molar-refractivity contribution is 4.67. The second kappa shape index (κ2) is 8.21. The number of nitrogens with two attached hydrogens (primary N) is 1. The average molecular weight is 202 g/mol. The molecule has 0 spiro atoms. The Morgan fingerprint density at radius 1 is 1.36 bits per heavy atom. The van der Waals surface area contributed by atoms with Crippen molar-refractivity contribution < 1.29 is 4.74 Å². The number of nitrogens with zero attached hydrogens (tertiary/aromatic N) is 1. The molecule has 1 atom stereocenters. The average Bonchev–Trinajstić information content (AvgIpc) is 2.14. The summed E-state index contributed by atoms with van der Waals surface area (Å²) in [5, 5.41) is 0. The number of rotatable bonds is 8. The van der Waals surface area contributed by atoms with E-state index in [1.807, 2.05) is 6.92 Å². The zero-order valence-electron chi connectivity index (χ0n) is 10.1. The monoisotopic (exact) mass is 202 g/mol. The van der Waals surface area contributed by atoms with E-state index < -0.39 is 0 Å². The summed E-state index contributed by atoms with van der Waals surface area (Å²) < 4.78 is 5.31. The molecule has 1 unspecified atom stereocenters. The molecule has 0 aliphatic heterocycles. The minimum Gasteiger partial charge on any atom is -0.380 e. The Morgan fingerprint density at radius 2 is 2.00 bits per heavy atom. The van der Waals surface area contributed by atoms with Gasteiger partial charge in [-0.2, -0.15) is 0 Å². The third-order valence-electron chi connectivity index (χ3n) is 2.61. The van der Waals surface area contributed by atoms with Gasteiger partial charge in [0.25, 0.3) is 0 Å². The lowest BCUT2D eigenvalue weighted by molar-refractivity contribution is 0.113. The molecule has 0 saturated heterocycles. The maximum Gasteiger partial charge on any atom is 0.0593 e. The highest BCUT2D eigenvalue weighted by Gasteiger charge is 2.13. The minimum atomic E-state index is 0.599. The number of hydrogen-bond acceptors (Lipinski definition) is 3. The smallest absolute Gasteiger partial charge is 0.0593 e. The van der Waals surface area contributed by atoms with Gasteiger partial charge in [-0.15, -0.1) is 0 Å². The fourth-order valence-corrected chi connectivity index (χ4v) is 1.41. The van der Waals surface area contributed by atoms with Gasteiger partial charge in [0.1, 0.15) is 0 Å². The van der Waals surface area contributed by atoms with Gasteiger partial charge in [-0.3, -0.25) is 0 Å². The molecule has 0 fully saturated rings. The first-order valence-corrected chi connectivity index (χ1v) is 5.58. The van der Waals surface area contributed by atoms with Crippen LogP contribution in [0.5, 0.6) is 0 Å². The van der Waals surface area contributed by atoms with Crippen molar-refractivity contribution in [2.24, 2.45) is 17.6 Å². The molecule has 0 amide bonds. The van der Waals surface area contributed by atoms with Crippen molar-refractivity contribution in [2.45, 2.75) is 20.8 Å². The Morgan fingerprint density at radius 3 is 2.43 bits per heavy atom. The van der Waals surface area contributed by atoms with Crippen LogP contribution < -0.4 is 5.73 Å². The summed E-state index contributed by atoms with van der Waals surface area (Å²) in [5.74, 6) is 1.26. The van der Waals surface area contributed by atoms with Crippen molar-refractivity contribution in [2.75, 3.05) is 39.9 Å². The summed E-state index contributed by atoms with van der Waals surface area (Å²) >= 11 is 0. The molecule has 0 heterocycles. The van der Waals surface area contributed by atoms with Gasteiger partial charge in [0.05, 0.1) is 6.61 Å². The first-order valence-electron chi connectivity index (χ1n) is 5.58. The predicted molar refractivity (Wildman–Crippen MR) is 61.4 cm³/mol. The minimum absolute atomic E-state index is 0.599. The van der Waals surface area contributed by atoms with Crippen molar-refractivity contribution in [3.05, 3.63) is 0 Å². The topological polar surface area (TPSA) is 38.5 Å². The third-order valence-corrected chi connectivity index (χ3v) is 2.61. The van der Waals surface area contributed by atoms with Gasteiger partial charge in [-0.05, 0) is 32.4 Å². The Kier molecular flexibility index (Phi) is 8.14. The SMILES string of the molecule is CCOCCN(C)CC(CN)C(C)C. The quantitative estimate of drug-likeness (QED) is 0.601. The van der Waals surface area contributed by atoms with Crippen LogP contribution in [0.4, 0.5) is 0 Å². The molecule has 0 aliphatic carbocycles. The molecule has 14 heavy (non-hydrogen) atoms. The maximum absolute atomic E-state index is 5.72. The summed E-state index contributed by atoms with van der Waals surface area (Å²) in [6.07, 6.45) is 0. The van der Waals surface area contributed by atoms with Crippen molar-refractivity contribution in [1.82, 2.24) is 4.90 Å². The Balaban J connectivity index is 3.62. The highest BCUT2D eigenvalue weighted by Crippen LogP contribution is 2.09. The van der Waals surface area contributed by atoms with E-state index in [1.54, 1.807) is 0 Å². The number of hydrogen-bond donors (Lipinski definition) is 1. The Hall–Kier alpha value is -0.120. The molecule has 0 aromatic carbocycles. The van der Waals surface area contributed by atoms with Crippen molar-refractivity contribution in [1.29, 1.82) is 0 Å². The Labute approximate surface area is 88.6 Å². The van der Waals surface area contributed by atoms with E-state index in [0.29, 0.717) is 11.8 Å². The van der Waals surface area contributed by atoms with Crippen LogP contribution >= 0.6 is 0 Å². The zero-order chi connectivity index (χ0) is 11.0. The van der Waals surface area contributed by atoms with Gasteiger partial charge >= 0.3 is 0 Å². The highest BCUT2D eigenvalue weighted by atomic mass is 16.5. The van der Waals surface area contributed by atoms with E-state index in [2.05, 4.69) is 25.8 Å². The lowest BCUT2D eigenvalue weighted by Gasteiger charge is -2.25. The lowest BCUT2D eigenvalue weighted by Crippen LogP contribution is -2.34. The lowest BCUT2D eigenvalue weighted by atomic mass is 9.95. The first kappa shape index (κ1) is 13.9. The normalized spacial score (nSPS) is 13.9. The number of likely N-dealkylation sites (N-methyl/N-ethyl adjacent to an activating group) is 1. The molecule has 0 saturated carbocycles. The molecular weight excluding hydrogens is 176 g/mol. The van der Waals surface area contributed by atoms with Crippen LogP contribution in [0.3, 0.4) is 0 Å².